The molecule has 2 heterocycles. The van der Waals surface area contributed by atoms with Gasteiger partial charge in [0.1, 0.15) is 4.32 Å². The molecule has 2 saturated heterocycles. The zero-order valence-corrected chi connectivity index (χ0v) is 17.8. The third kappa shape index (κ3) is 4.56. The molecule has 5 heteroatoms. The summed E-state index contributed by atoms with van der Waals surface area (Å²) in [4.78, 5) is 17.6. The highest BCUT2D eigenvalue weighted by molar-refractivity contribution is 8.26. The lowest BCUT2D eigenvalue weighted by molar-refractivity contribution is -0.123. The Bertz CT molecular complexity index is 711. The second-order valence-electron chi connectivity index (χ2n) is 8.42. The second-order valence-corrected chi connectivity index (χ2v) is 10.1. The number of nitrogens with zero attached hydrogens (tertiary/aromatic N) is 2. The van der Waals surface area contributed by atoms with Crippen LogP contribution in [0.2, 0.25) is 0 Å². The first-order valence-corrected chi connectivity index (χ1v) is 10.5. The Kier molecular flexibility index (Phi) is 5.90. The normalized spacial score (nSPS) is 21.8. The van der Waals surface area contributed by atoms with Crippen LogP contribution in [-0.2, 0) is 10.2 Å². The summed E-state index contributed by atoms with van der Waals surface area (Å²) in [5, 5.41) is 0. The van der Waals surface area contributed by atoms with Crippen molar-refractivity contribution >= 4 is 40.3 Å². The van der Waals surface area contributed by atoms with E-state index in [1.165, 1.54) is 30.2 Å². The molecule has 0 spiro atoms. The summed E-state index contributed by atoms with van der Waals surface area (Å²) in [6, 6.07) is 8.45. The van der Waals surface area contributed by atoms with Crippen LogP contribution in [0.15, 0.2) is 29.2 Å². The molecule has 1 aromatic carbocycles. The van der Waals surface area contributed by atoms with E-state index in [-0.39, 0.29) is 11.3 Å². The van der Waals surface area contributed by atoms with E-state index in [2.05, 4.69) is 56.9 Å². The monoisotopic (exact) mass is 388 g/mol. The number of benzene rings is 1. The topological polar surface area (TPSA) is 23.6 Å². The Labute approximate surface area is 166 Å². The zero-order valence-electron chi connectivity index (χ0n) is 16.1. The lowest BCUT2D eigenvalue weighted by atomic mass is 9.87. The van der Waals surface area contributed by atoms with Crippen LogP contribution >= 0.6 is 24.0 Å². The molecule has 2 aliphatic rings. The molecule has 0 aliphatic carbocycles. The predicted octanol–water partition coefficient (Wildman–Crippen LogP) is 4.87. The van der Waals surface area contributed by atoms with Crippen LogP contribution in [0.1, 0.15) is 51.7 Å². The van der Waals surface area contributed by atoms with Crippen molar-refractivity contribution in [3.63, 3.8) is 0 Å². The number of thiocarbonyl (C=S) groups is 1. The predicted molar refractivity (Wildman–Crippen MR) is 115 cm³/mol. The first kappa shape index (κ1) is 19.6. The maximum Gasteiger partial charge on any atom is 0.267 e. The van der Waals surface area contributed by atoms with Gasteiger partial charge in [0.05, 0.1) is 11.6 Å². The van der Waals surface area contributed by atoms with Crippen molar-refractivity contribution in [2.45, 2.75) is 46.0 Å². The Morgan fingerprint density at radius 1 is 1.19 bits per heavy atom. The molecule has 26 heavy (non-hydrogen) atoms. The maximum absolute atomic E-state index is 12.8. The molecular weight excluding hydrogens is 360 g/mol. The van der Waals surface area contributed by atoms with Crippen molar-refractivity contribution in [2.75, 3.05) is 19.8 Å². The third-order valence-electron chi connectivity index (χ3n) is 5.17. The van der Waals surface area contributed by atoms with Crippen LogP contribution < -0.4 is 0 Å². The van der Waals surface area contributed by atoms with Gasteiger partial charge >= 0.3 is 0 Å². The van der Waals surface area contributed by atoms with Gasteiger partial charge in [-0.15, -0.1) is 0 Å². The van der Waals surface area contributed by atoms with Crippen molar-refractivity contribution in [3.8, 4) is 0 Å². The lowest BCUT2D eigenvalue weighted by Gasteiger charge is -2.32. The van der Waals surface area contributed by atoms with E-state index < -0.39 is 0 Å². The summed E-state index contributed by atoms with van der Waals surface area (Å²) in [6.45, 7) is 11.6. The number of hydrogen-bond donors (Lipinski definition) is 0. The number of carbonyl (C=O) groups is 1. The SMILES string of the molecule is CC1CCN(CN2C(=O)/C(=C\c3ccc(C(C)(C)C)cc3)SC2=S)CC1. The maximum atomic E-state index is 12.8. The molecule has 0 saturated carbocycles. The Morgan fingerprint density at radius 2 is 1.81 bits per heavy atom. The van der Waals surface area contributed by atoms with Gasteiger partial charge < -0.3 is 0 Å². The number of piperidine rings is 1. The standard InChI is InChI=1S/C21H28N2OS2/c1-15-9-11-22(12-10-15)14-23-19(24)18(26-20(23)25)13-16-5-7-17(8-6-16)21(2,3)4/h5-8,13,15H,9-12,14H2,1-4H3/b18-13+. The van der Waals surface area contributed by atoms with Gasteiger partial charge in [0.25, 0.3) is 5.91 Å². The first-order valence-electron chi connectivity index (χ1n) is 9.32. The highest BCUT2D eigenvalue weighted by Gasteiger charge is 2.33. The van der Waals surface area contributed by atoms with E-state index in [4.69, 9.17) is 12.2 Å². The zero-order chi connectivity index (χ0) is 18.9. The van der Waals surface area contributed by atoms with E-state index in [1.807, 2.05) is 6.08 Å². The van der Waals surface area contributed by atoms with E-state index in [9.17, 15) is 4.79 Å². The Morgan fingerprint density at radius 3 is 2.38 bits per heavy atom. The average molecular weight is 389 g/mol. The second kappa shape index (κ2) is 7.83. The fraction of sp³-hybridized carbons (Fsp3) is 0.524. The summed E-state index contributed by atoms with van der Waals surface area (Å²) >= 11 is 6.89. The van der Waals surface area contributed by atoms with Crippen LogP contribution in [0.5, 0.6) is 0 Å². The number of likely N-dealkylation sites (tertiary alicyclic amines) is 1. The number of hydrogen-bond acceptors (Lipinski definition) is 4. The highest BCUT2D eigenvalue weighted by atomic mass is 32.2. The van der Waals surface area contributed by atoms with E-state index >= 15 is 0 Å². The van der Waals surface area contributed by atoms with E-state index in [1.54, 1.807) is 4.90 Å². The van der Waals surface area contributed by atoms with Gasteiger partial charge in [-0.3, -0.25) is 14.6 Å². The summed E-state index contributed by atoms with van der Waals surface area (Å²) < 4.78 is 0.672. The van der Waals surface area contributed by atoms with Crippen LogP contribution in [0, 0.1) is 5.92 Å². The fourth-order valence-corrected chi connectivity index (χ4v) is 4.50. The van der Waals surface area contributed by atoms with Crippen LogP contribution in [0.4, 0.5) is 0 Å². The molecule has 1 amide bonds. The first-order chi connectivity index (χ1) is 12.2. The number of amides is 1. The number of thioether (sulfide) groups is 1. The third-order valence-corrected chi connectivity index (χ3v) is 6.54. The van der Waals surface area contributed by atoms with E-state index in [0.717, 1.165) is 29.5 Å². The van der Waals surface area contributed by atoms with Crippen molar-refractivity contribution in [3.05, 3.63) is 40.3 Å². The molecule has 0 radical (unpaired) electrons. The van der Waals surface area contributed by atoms with Gasteiger partial charge in [0, 0.05) is 13.1 Å². The molecule has 0 unspecified atom stereocenters. The molecule has 0 N–H and O–H groups in total. The molecule has 1 aromatic rings. The minimum absolute atomic E-state index is 0.0403. The minimum atomic E-state index is 0.0403. The Hall–Kier alpha value is -1.17. The van der Waals surface area contributed by atoms with Crippen LogP contribution in [0.3, 0.4) is 0 Å². The lowest BCUT2D eigenvalue weighted by Crippen LogP contribution is -2.43. The van der Waals surface area contributed by atoms with Crippen molar-refractivity contribution in [1.82, 2.24) is 9.80 Å². The summed E-state index contributed by atoms with van der Waals surface area (Å²) in [5.74, 6) is 0.826. The summed E-state index contributed by atoms with van der Waals surface area (Å²) in [6.07, 6.45) is 4.36. The van der Waals surface area contributed by atoms with Gasteiger partial charge in [-0.25, -0.2) is 0 Å². The molecule has 0 bridgehead atoms. The molecule has 2 fully saturated rings. The summed E-state index contributed by atoms with van der Waals surface area (Å²) in [5.41, 5.74) is 2.47. The minimum Gasteiger partial charge on any atom is -0.286 e. The molecular formula is C21H28N2OS2. The number of carbonyl (C=O) groups excluding carboxylic acids is 1. The largest absolute Gasteiger partial charge is 0.286 e. The average Bonchev–Trinajstić information content (AvgIpc) is 2.84. The fourth-order valence-electron chi connectivity index (χ4n) is 3.26. The van der Waals surface area contributed by atoms with Gasteiger partial charge in [-0.05, 0) is 41.4 Å². The molecule has 0 aromatic heterocycles. The molecule has 0 atom stereocenters. The van der Waals surface area contributed by atoms with E-state index in [0.29, 0.717) is 11.0 Å². The molecule has 140 valence electrons. The smallest absolute Gasteiger partial charge is 0.267 e. The van der Waals surface area contributed by atoms with Gasteiger partial charge in [0.2, 0.25) is 0 Å². The van der Waals surface area contributed by atoms with Crippen molar-refractivity contribution < 1.29 is 4.79 Å². The van der Waals surface area contributed by atoms with Crippen LogP contribution in [-0.4, -0.2) is 39.8 Å². The van der Waals surface area contributed by atoms with Crippen molar-refractivity contribution in [1.29, 1.82) is 0 Å². The van der Waals surface area contributed by atoms with Gasteiger partial charge in [0.15, 0.2) is 0 Å². The van der Waals surface area contributed by atoms with Crippen LogP contribution in [0.25, 0.3) is 6.08 Å². The van der Waals surface area contributed by atoms with Gasteiger partial charge in [-0.1, -0.05) is 75.9 Å². The summed E-state index contributed by atoms with van der Waals surface area (Å²) in [7, 11) is 0. The number of rotatable bonds is 3. The molecule has 3 rings (SSSR count). The van der Waals surface area contributed by atoms with Gasteiger partial charge in [-0.2, -0.15) is 0 Å². The highest BCUT2D eigenvalue weighted by Crippen LogP contribution is 2.33. The Balaban J connectivity index is 1.69. The molecule has 3 nitrogen and oxygen atoms in total. The molecule has 2 aliphatic heterocycles. The van der Waals surface area contributed by atoms with Crippen molar-refractivity contribution in [2.24, 2.45) is 5.92 Å². The quantitative estimate of drug-likeness (QED) is 0.544.